The Labute approximate surface area is 446 Å². The van der Waals surface area contributed by atoms with Crippen LogP contribution < -0.4 is 0 Å². The summed E-state index contributed by atoms with van der Waals surface area (Å²) in [6.07, 6.45) is 2.00. The fraction of sp³-hybridized carbons (Fsp3) is 0.914. The molecular formula is C58H84O18. The van der Waals surface area contributed by atoms with Crippen molar-refractivity contribution in [1.82, 2.24) is 0 Å². The first-order valence-corrected chi connectivity index (χ1v) is 29.7. The van der Waals surface area contributed by atoms with E-state index in [-0.39, 0.29) is 134 Å². The first-order valence-electron chi connectivity index (χ1n) is 29.7. The van der Waals surface area contributed by atoms with Gasteiger partial charge in [0.25, 0.3) is 0 Å². The summed E-state index contributed by atoms with van der Waals surface area (Å²) in [5, 5.41) is 32.0. The first kappa shape index (κ1) is 52.4. The Kier molecular flexibility index (Phi) is 13.8. The van der Waals surface area contributed by atoms with Gasteiger partial charge in [-0.25, -0.2) is 0 Å². The molecule has 0 saturated carbocycles. The summed E-state index contributed by atoms with van der Waals surface area (Å²) in [7, 11) is 0. The molecule has 76 heavy (non-hydrogen) atoms. The van der Waals surface area contributed by atoms with E-state index < -0.39 is 72.6 Å². The maximum Gasteiger partial charge on any atom is 0.308 e. The van der Waals surface area contributed by atoms with Gasteiger partial charge < -0.3 is 81.6 Å². The lowest BCUT2D eigenvalue weighted by Crippen LogP contribution is -2.62. The average Bonchev–Trinajstić information content (AvgIpc) is 4.36. The third kappa shape index (κ3) is 9.26. The van der Waals surface area contributed by atoms with Crippen molar-refractivity contribution in [3.05, 3.63) is 24.3 Å². The molecule has 424 valence electrons. The summed E-state index contributed by atoms with van der Waals surface area (Å²) >= 11 is 0. The SMILES string of the molecule is C=C1C2C[C@@H]3O[C@H]4C[C@H]5O[C@@]6(C[C@H](O)[C@H]([C@@H](C)C[C@@H]7C[C@H](C)[C@@H]8O[C@H](CO)[C@H](O)CC8O7)O6)C[C@H]5O[C@H]4[C@H](C)[C@H]3OC(=O)C[C@H]3CC[C@@H]4OC5C6O[C@@H]7C[C@](CC[C@H]8CC(=C)[C@H](CC[C@@H](C[C@H]1C)O2)O8)(O[C@H]6[C@H]4O3)O[C@@H]57. The standard InChI is InChI=1S/C58H84O18/c1-25-13-31-7-9-37-26(2)14-33(63-37)11-12-57-23-45-53(75-57)54-55(70-45)56(76-57)52-38(68-54)10-8-32(66-52)17-47(62)72-51-30(6)50-43(67-42(51)19-39(64-31)29(25)5)20-40-44(69-50)22-58(73-40)21-36(61)48(74-58)27(3)15-34-16-28(4)49-41(65-34)18-35(60)46(24-59)71-49/h25,27-28,30-46,48-56,59-61H,2,5,7-24H2,1,3-4,6H3/t25-,27+,28+,30+,31+,32-,33+,34-,35-,36+,37+,38+,39?,40-,41?,42+,43+,44-,45-,46-,48+,49+,50+,51-,52+,53-,54?,55?,56+,57+,58-/m1/s1. The smallest absolute Gasteiger partial charge is 0.308 e. The van der Waals surface area contributed by atoms with Crippen LogP contribution in [0.4, 0.5) is 0 Å². The molecule has 0 aliphatic carbocycles. The zero-order valence-corrected chi connectivity index (χ0v) is 44.9. The molecule has 0 aromatic rings. The highest BCUT2D eigenvalue weighted by Gasteiger charge is 2.69. The van der Waals surface area contributed by atoms with Gasteiger partial charge in [0.2, 0.25) is 0 Å². The van der Waals surface area contributed by atoms with Crippen LogP contribution in [0.5, 0.6) is 0 Å². The van der Waals surface area contributed by atoms with E-state index in [9.17, 15) is 20.1 Å². The van der Waals surface area contributed by atoms with Gasteiger partial charge in [0.15, 0.2) is 11.6 Å². The van der Waals surface area contributed by atoms with E-state index in [1.54, 1.807) is 0 Å². The molecule has 15 fully saturated rings. The van der Waals surface area contributed by atoms with Gasteiger partial charge >= 0.3 is 5.97 Å². The molecule has 15 heterocycles. The number of aliphatic hydroxyl groups excluding tert-OH is 3. The molecule has 15 aliphatic rings. The Morgan fingerprint density at radius 3 is 2.16 bits per heavy atom. The molecule has 4 unspecified atom stereocenters. The lowest BCUT2D eigenvalue weighted by atomic mass is 9.79. The summed E-state index contributed by atoms with van der Waals surface area (Å²) in [6.45, 7) is 17.4. The van der Waals surface area contributed by atoms with Crippen LogP contribution in [-0.2, 0) is 71.1 Å². The van der Waals surface area contributed by atoms with Gasteiger partial charge in [0, 0.05) is 50.9 Å². The Bertz CT molecular complexity index is 2200. The summed E-state index contributed by atoms with van der Waals surface area (Å²) in [5.74, 6) is -2.12. The summed E-state index contributed by atoms with van der Waals surface area (Å²) in [4.78, 5) is 14.5. The maximum atomic E-state index is 14.5. The molecule has 12 bridgehead atoms. The highest BCUT2D eigenvalue weighted by Crippen LogP contribution is 2.56. The van der Waals surface area contributed by atoms with E-state index in [1.165, 1.54) is 0 Å². The van der Waals surface area contributed by atoms with Crippen molar-refractivity contribution in [3.63, 3.8) is 0 Å². The van der Waals surface area contributed by atoms with Gasteiger partial charge in [-0.1, -0.05) is 40.9 Å². The number of esters is 1. The second-order valence-electron chi connectivity index (χ2n) is 26.4. The summed E-state index contributed by atoms with van der Waals surface area (Å²) in [5.41, 5.74) is 2.14. The molecule has 3 N–H and O–H groups in total. The molecule has 18 nitrogen and oxygen atoms in total. The van der Waals surface area contributed by atoms with Crippen LogP contribution >= 0.6 is 0 Å². The number of carbonyl (C=O) groups excluding carboxylic acids is 1. The number of ether oxygens (including phenoxy) is 14. The van der Waals surface area contributed by atoms with E-state index in [0.29, 0.717) is 57.8 Å². The molecule has 0 aromatic heterocycles. The maximum absolute atomic E-state index is 14.5. The van der Waals surface area contributed by atoms with Crippen molar-refractivity contribution in [3.8, 4) is 0 Å². The minimum Gasteiger partial charge on any atom is -0.459 e. The molecule has 31 atom stereocenters. The van der Waals surface area contributed by atoms with Crippen molar-refractivity contribution < 1.29 is 86.4 Å². The molecule has 0 radical (unpaired) electrons. The number of fused-ring (bicyclic) bond motifs is 9. The van der Waals surface area contributed by atoms with Gasteiger partial charge in [-0.05, 0) is 86.7 Å². The fourth-order valence-corrected chi connectivity index (χ4v) is 17.2. The lowest BCUT2D eigenvalue weighted by Gasteiger charge is -2.50. The Morgan fingerprint density at radius 1 is 0.566 bits per heavy atom. The van der Waals surface area contributed by atoms with Gasteiger partial charge in [-0.3, -0.25) is 4.79 Å². The lowest BCUT2D eigenvalue weighted by molar-refractivity contribution is -0.293. The predicted molar refractivity (Wildman–Crippen MR) is 265 cm³/mol. The molecule has 15 saturated heterocycles. The second kappa shape index (κ2) is 20.0. The van der Waals surface area contributed by atoms with Crippen molar-refractivity contribution in [2.24, 2.45) is 23.7 Å². The van der Waals surface area contributed by atoms with E-state index >= 15 is 0 Å². The minimum atomic E-state index is -1.03. The van der Waals surface area contributed by atoms with Gasteiger partial charge in [0.1, 0.15) is 42.7 Å². The predicted octanol–water partition coefficient (Wildman–Crippen LogP) is 4.81. The zero-order chi connectivity index (χ0) is 52.1. The van der Waals surface area contributed by atoms with E-state index in [0.717, 1.165) is 56.1 Å². The van der Waals surface area contributed by atoms with E-state index in [4.69, 9.17) is 66.3 Å². The Morgan fingerprint density at radius 2 is 1.30 bits per heavy atom. The molecule has 15 aliphatic heterocycles. The monoisotopic (exact) mass is 1070 g/mol. The first-order chi connectivity index (χ1) is 36.6. The zero-order valence-electron chi connectivity index (χ0n) is 44.9. The van der Waals surface area contributed by atoms with E-state index in [1.807, 2.05) is 0 Å². The van der Waals surface area contributed by atoms with Crippen LogP contribution in [-0.4, -0.2) is 192 Å². The Hall–Kier alpha value is -1.69. The third-order valence-electron chi connectivity index (χ3n) is 21.1. The fourth-order valence-electron chi connectivity index (χ4n) is 17.2. The largest absolute Gasteiger partial charge is 0.459 e. The van der Waals surface area contributed by atoms with Crippen LogP contribution in [0.25, 0.3) is 0 Å². The average molecular weight is 1070 g/mol. The molecule has 2 spiro atoms. The summed E-state index contributed by atoms with van der Waals surface area (Å²) < 4.78 is 95.2. The number of rotatable bonds is 4. The van der Waals surface area contributed by atoms with Crippen LogP contribution in [0.1, 0.15) is 137 Å². The van der Waals surface area contributed by atoms with Crippen molar-refractivity contribution >= 4 is 5.97 Å². The van der Waals surface area contributed by atoms with Gasteiger partial charge in [-0.15, -0.1) is 0 Å². The minimum absolute atomic E-state index is 0.0138. The molecule has 0 amide bonds. The number of aliphatic hydroxyl groups is 3. The van der Waals surface area contributed by atoms with E-state index in [2.05, 4.69) is 40.9 Å². The Balaban J connectivity index is 0.681. The molecular weight excluding hydrogens is 985 g/mol. The van der Waals surface area contributed by atoms with Crippen LogP contribution in [0, 0.1) is 23.7 Å². The van der Waals surface area contributed by atoms with Crippen molar-refractivity contribution in [2.45, 2.75) is 301 Å². The highest BCUT2D eigenvalue weighted by atomic mass is 16.8. The normalized spacial score (nSPS) is 57.0. The number of carbonyl (C=O) groups is 1. The molecule has 15 rings (SSSR count). The molecule has 0 aromatic carbocycles. The number of hydrogen-bond acceptors (Lipinski definition) is 18. The van der Waals surface area contributed by atoms with Crippen LogP contribution in [0.3, 0.4) is 0 Å². The topological polar surface area (TPSA) is 207 Å². The third-order valence-corrected chi connectivity index (χ3v) is 21.1. The number of hydrogen-bond donors (Lipinski definition) is 3. The van der Waals surface area contributed by atoms with Crippen LogP contribution in [0.2, 0.25) is 0 Å². The quantitative estimate of drug-likeness (QED) is 0.255. The molecule has 18 heteroatoms. The van der Waals surface area contributed by atoms with Crippen LogP contribution in [0.15, 0.2) is 24.3 Å². The second-order valence-corrected chi connectivity index (χ2v) is 26.4. The summed E-state index contributed by atoms with van der Waals surface area (Å²) in [6, 6.07) is 0. The van der Waals surface area contributed by atoms with Crippen molar-refractivity contribution in [2.75, 3.05) is 6.61 Å². The van der Waals surface area contributed by atoms with Crippen molar-refractivity contribution in [1.29, 1.82) is 0 Å². The highest BCUT2D eigenvalue weighted by molar-refractivity contribution is 5.70. The van der Waals surface area contributed by atoms with Gasteiger partial charge in [-0.2, -0.15) is 0 Å². The van der Waals surface area contributed by atoms with Gasteiger partial charge in [0.05, 0.1) is 123 Å².